The fourth-order valence-corrected chi connectivity index (χ4v) is 2.28. The summed E-state index contributed by atoms with van der Waals surface area (Å²) in [6.45, 7) is 4.92. The van der Waals surface area contributed by atoms with Crippen LogP contribution in [-0.2, 0) is 0 Å². The van der Waals surface area contributed by atoms with E-state index in [4.69, 9.17) is 10.8 Å². The van der Waals surface area contributed by atoms with E-state index in [1.165, 1.54) is 11.3 Å². The van der Waals surface area contributed by atoms with Gasteiger partial charge in [-0.3, -0.25) is 4.79 Å². The van der Waals surface area contributed by atoms with Crippen molar-refractivity contribution >= 4 is 22.9 Å². The predicted octanol–water partition coefficient (Wildman–Crippen LogP) is 1.86. The van der Waals surface area contributed by atoms with E-state index >= 15 is 0 Å². The zero-order valence-electron chi connectivity index (χ0n) is 10.3. The second kappa shape index (κ2) is 6.02. The Bertz CT molecular complexity index is 374. The highest BCUT2D eigenvalue weighted by Crippen LogP contribution is 2.22. The third kappa shape index (κ3) is 4.36. The minimum absolute atomic E-state index is 0.00951. The van der Waals surface area contributed by atoms with Crippen molar-refractivity contribution in [2.45, 2.75) is 26.7 Å². The summed E-state index contributed by atoms with van der Waals surface area (Å²) in [5, 5.41) is 13.5. The van der Waals surface area contributed by atoms with Crippen LogP contribution in [-0.4, -0.2) is 24.2 Å². The highest BCUT2D eigenvalue weighted by Gasteiger charge is 2.19. The molecule has 1 rings (SSSR count). The number of thiophene rings is 1. The van der Waals surface area contributed by atoms with Crippen LogP contribution in [0.25, 0.3) is 0 Å². The topological polar surface area (TPSA) is 75.3 Å². The first-order valence-corrected chi connectivity index (χ1v) is 6.56. The van der Waals surface area contributed by atoms with Gasteiger partial charge < -0.3 is 16.2 Å². The summed E-state index contributed by atoms with van der Waals surface area (Å²) in [7, 11) is 0. The lowest BCUT2D eigenvalue weighted by atomic mass is 9.88. The second-order valence-corrected chi connectivity index (χ2v) is 5.80. The lowest BCUT2D eigenvalue weighted by molar-refractivity contribution is 0.0938. The number of carbonyl (C=O) groups excluding carboxylic acids is 1. The Balaban J connectivity index is 2.45. The number of carbonyl (C=O) groups is 1. The second-order valence-electron chi connectivity index (χ2n) is 4.88. The summed E-state index contributed by atoms with van der Waals surface area (Å²) in [6.07, 6.45) is 1.63. The molecular formula is C12H20N2O2S. The van der Waals surface area contributed by atoms with Crippen LogP contribution in [0.5, 0.6) is 0 Å². The molecule has 0 aromatic carbocycles. The van der Waals surface area contributed by atoms with E-state index in [9.17, 15) is 4.79 Å². The van der Waals surface area contributed by atoms with Crippen LogP contribution in [0.3, 0.4) is 0 Å². The van der Waals surface area contributed by atoms with Crippen LogP contribution < -0.4 is 11.1 Å². The summed E-state index contributed by atoms with van der Waals surface area (Å²) in [6, 6.07) is 1.73. The van der Waals surface area contributed by atoms with E-state index in [0.29, 0.717) is 17.1 Å². The number of aliphatic hydroxyl groups is 1. The van der Waals surface area contributed by atoms with Gasteiger partial charge in [-0.05, 0) is 29.7 Å². The summed E-state index contributed by atoms with van der Waals surface area (Å²) >= 11 is 1.35. The molecule has 0 aliphatic rings. The SMILES string of the molecule is CC(C)(CCCO)CNC(=O)c1sccc1N. The number of nitrogens with one attached hydrogen (secondary N) is 1. The van der Waals surface area contributed by atoms with E-state index in [-0.39, 0.29) is 17.9 Å². The van der Waals surface area contributed by atoms with Crippen LogP contribution in [0.2, 0.25) is 0 Å². The normalized spacial score (nSPS) is 11.5. The molecule has 0 atom stereocenters. The Morgan fingerprint density at radius 2 is 2.29 bits per heavy atom. The van der Waals surface area contributed by atoms with Gasteiger partial charge in [0.2, 0.25) is 0 Å². The monoisotopic (exact) mass is 256 g/mol. The van der Waals surface area contributed by atoms with Crippen molar-refractivity contribution in [1.82, 2.24) is 5.32 Å². The van der Waals surface area contributed by atoms with Gasteiger partial charge >= 0.3 is 0 Å². The number of nitrogens with two attached hydrogens (primary N) is 1. The minimum Gasteiger partial charge on any atom is -0.397 e. The van der Waals surface area contributed by atoms with Gasteiger partial charge in [0.25, 0.3) is 5.91 Å². The van der Waals surface area contributed by atoms with Gasteiger partial charge in [-0.15, -0.1) is 11.3 Å². The van der Waals surface area contributed by atoms with Crippen molar-refractivity contribution in [2.75, 3.05) is 18.9 Å². The van der Waals surface area contributed by atoms with Crippen molar-refractivity contribution < 1.29 is 9.90 Å². The van der Waals surface area contributed by atoms with Gasteiger partial charge in [0.15, 0.2) is 0 Å². The average molecular weight is 256 g/mol. The molecule has 1 amide bonds. The lowest BCUT2D eigenvalue weighted by Crippen LogP contribution is -2.34. The summed E-state index contributed by atoms with van der Waals surface area (Å²) < 4.78 is 0. The maximum atomic E-state index is 11.8. The first kappa shape index (κ1) is 14.0. The van der Waals surface area contributed by atoms with Gasteiger partial charge in [0, 0.05) is 13.2 Å². The Morgan fingerprint density at radius 1 is 1.59 bits per heavy atom. The van der Waals surface area contributed by atoms with Crippen LogP contribution in [0.1, 0.15) is 36.4 Å². The molecule has 5 heteroatoms. The molecule has 0 bridgehead atoms. The van der Waals surface area contributed by atoms with E-state index in [0.717, 1.165) is 12.8 Å². The Labute approximate surface area is 106 Å². The molecule has 0 aliphatic carbocycles. The van der Waals surface area contributed by atoms with E-state index in [1.807, 2.05) is 0 Å². The highest BCUT2D eigenvalue weighted by molar-refractivity contribution is 7.12. The number of hydrogen-bond donors (Lipinski definition) is 3. The molecule has 0 saturated heterocycles. The molecule has 0 fully saturated rings. The van der Waals surface area contributed by atoms with Crippen molar-refractivity contribution in [2.24, 2.45) is 5.41 Å². The van der Waals surface area contributed by atoms with Crippen molar-refractivity contribution in [3.05, 3.63) is 16.3 Å². The molecule has 17 heavy (non-hydrogen) atoms. The molecule has 0 spiro atoms. The Hall–Kier alpha value is -1.07. The van der Waals surface area contributed by atoms with E-state index in [1.54, 1.807) is 11.4 Å². The van der Waals surface area contributed by atoms with Crippen molar-refractivity contribution in [3.63, 3.8) is 0 Å². The molecule has 0 unspecified atom stereocenters. The molecule has 4 N–H and O–H groups in total. The maximum absolute atomic E-state index is 11.8. The molecule has 1 aromatic rings. The van der Waals surface area contributed by atoms with Gasteiger partial charge in [0.1, 0.15) is 4.88 Å². The lowest BCUT2D eigenvalue weighted by Gasteiger charge is -2.24. The molecular weight excluding hydrogens is 236 g/mol. The minimum atomic E-state index is -0.116. The first-order chi connectivity index (χ1) is 7.96. The molecule has 0 radical (unpaired) electrons. The fourth-order valence-electron chi connectivity index (χ4n) is 1.55. The van der Waals surface area contributed by atoms with Crippen LogP contribution in [0, 0.1) is 5.41 Å². The summed E-state index contributed by atoms with van der Waals surface area (Å²) in [4.78, 5) is 12.4. The van der Waals surface area contributed by atoms with Crippen LogP contribution >= 0.6 is 11.3 Å². The highest BCUT2D eigenvalue weighted by atomic mass is 32.1. The van der Waals surface area contributed by atoms with Gasteiger partial charge in [0.05, 0.1) is 5.69 Å². The number of hydrogen-bond acceptors (Lipinski definition) is 4. The molecule has 1 heterocycles. The third-order valence-corrected chi connectivity index (χ3v) is 3.57. The zero-order valence-corrected chi connectivity index (χ0v) is 11.1. The van der Waals surface area contributed by atoms with Gasteiger partial charge in [-0.2, -0.15) is 0 Å². The van der Waals surface area contributed by atoms with E-state index < -0.39 is 0 Å². The standard InChI is InChI=1S/C12H20N2O2S/c1-12(2,5-3-6-15)8-14-11(16)10-9(13)4-7-17-10/h4,7,15H,3,5-6,8,13H2,1-2H3,(H,14,16). The largest absolute Gasteiger partial charge is 0.397 e. The average Bonchev–Trinajstić information content (AvgIpc) is 2.70. The first-order valence-electron chi connectivity index (χ1n) is 5.68. The Kier molecular flexibility index (Phi) is 4.96. The van der Waals surface area contributed by atoms with Gasteiger partial charge in [-0.25, -0.2) is 0 Å². The zero-order chi connectivity index (χ0) is 12.9. The molecule has 0 aliphatic heterocycles. The predicted molar refractivity (Wildman–Crippen MR) is 71.2 cm³/mol. The number of anilines is 1. The summed E-state index contributed by atoms with van der Waals surface area (Å²) in [5.74, 6) is -0.116. The number of aliphatic hydroxyl groups excluding tert-OH is 1. The Morgan fingerprint density at radius 3 is 2.82 bits per heavy atom. The third-order valence-electron chi connectivity index (χ3n) is 2.64. The van der Waals surface area contributed by atoms with Crippen LogP contribution in [0.4, 0.5) is 5.69 Å². The quantitative estimate of drug-likeness (QED) is 0.727. The van der Waals surface area contributed by atoms with Crippen molar-refractivity contribution in [3.8, 4) is 0 Å². The fraction of sp³-hybridized carbons (Fsp3) is 0.583. The number of nitrogen functional groups attached to an aromatic ring is 1. The number of rotatable bonds is 6. The van der Waals surface area contributed by atoms with Gasteiger partial charge in [-0.1, -0.05) is 13.8 Å². The van der Waals surface area contributed by atoms with Crippen LogP contribution in [0.15, 0.2) is 11.4 Å². The molecule has 96 valence electrons. The summed E-state index contributed by atoms with van der Waals surface area (Å²) in [5.41, 5.74) is 6.20. The molecule has 0 saturated carbocycles. The number of amides is 1. The van der Waals surface area contributed by atoms with E-state index in [2.05, 4.69) is 19.2 Å². The smallest absolute Gasteiger partial charge is 0.263 e. The van der Waals surface area contributed by atoms with Crippen molar-refractivity contribution in [1.29, 1.82) is 0 Å². The molecule has 4 nitrogen and oxygen atoms in total. The molecule has 1 aromatic heterocycles. The maximum Gasteiger partial charge on any atom is 0.263 e.